The number of ketones is 3. The number of aliphatic hydroxyl groups is 2. The molecule has 0 saturated carbocycles. The molecule has 4 N–H and O–H groups in total. The van der Waals surface area contributed by atoms with E-state index in [2.05, 4.69) is 5.32 Å². The van der Waals surface area contributed by atoms with Crippen LogP contribution in [0.3, 0.4) is 0 Å². The predicted molar refractivity (Wildman–Crippen MR) is 218 cm³/mol. The number of nitrogens with one attached hydrogen (secondary N) is 1. The number of fused-ring (bicyclic) bond motifs is 14. The highest BCUT2D eigenvalue weighted by Gasteiger charge is 2.53. The highest BCUT2D eigenvalue weighted by atomic mass is 16.7. The number of morpholine rings is 2. The molecule has 5 bridgehead atoms. The van der Waals surface area contributed by atoms with E-state index >= 15 is 0 Å². The van der Waals surface area contributed by atoms with Crippen LogP contribution in [0, 0.1) is 30.6 Å². The maximum Gasteiger partial charge on any atom is 0.410 e. The monoisotopic (exact) mass is 851 g/mol. The molecule has 332 valence electrons. The third-order valence-corrected chi connectivity index (χ3v) is 12.5. The number of aromatic hydroxyl groups is 1. The lowest BCUT2D eigenvalue weighted by molar-refractivity contribution is -0.116. The number of amides is 2. The van der Waals surface area contributed by atoms with Gasteiger partial charge in [-0.25, -0.2) is 4.79 Å². The second-order valence-electron chi connectivity index (χ2n) is 16.5. The Balaban J connectivity index is 1.45. The number of allylic oxidation sites excluding steroid dienone is 4. The van der Waals surface area contributed by atoms with E-state index in [4.69, 9.17) is 28.4 Å². The molecule has 1 aliphatic carbocycles. The molecule has 17 heteroatoms. The van der Waals surface area contributed by atoms with Crippen molar-refractivity contribution in [1.82, 2.24) is 15.1 Å². The number of carbonyl (C=O) groups is 5. The Bertz CT molecular complexity index is 2050. The second kappa shape index (κ2) is 18.5. The summed E-state index contributed by atoms with van der Waals surface area (Å²) in [5.41, 5.74) is -1.49. The Labute approximate surface area is 354 Å². The normalized spacial score (nSPS) is 33.6. The molecule has 6 aliphatic rings. The highest BCUT2D eigenvalue weighted by Crippen LogP contribution is 2.49. The first-order chi connectivity index (χ1) is 28.9. The van der Waals surface area contributed by atoms with Crippen LogP contribution in [0.5, 0.6) is 11.5 Å². The van der Waals surface area contributed by atoms with Gasteiger partial charge in [0.1, 0.15) is 29.0 Å². The minimum atomic E-state index is -2.09. The molecule has 0 aromatic heterocycles. The van der Waals surface area contributed by atoms with Gasteiger partial charge < -0.3 is 58.9 Å². The summed E-state index contributed by atoms with van der Waals surface area (Å²) in [6.45, 7) is 13.3. The topological polar surface area (TPSA) is 220 Å². The predicted octanol–water partition coefficient (Wildman–Crippen LogP) is 3.20. The quantitative estimate of drug-likeness (QED) is 0.343. The van der Waals surface area contributed by atoms with E-state index in [0.717, 1.165) is 0 Å². The van der Waals surface area contributed by atoms with E-state index in [1.165, 1.54) is 51.2 Å². The van der Waals surface area contributed by atoms with Gasteiger partial charge in [-0.3, -0.25) is 19.2 Å². The van der Waals surface area contributed by atoms with Crippen molar-refractivity contribution < 1.29 is 67.7 Å². The lowest BCUT2D eigenvalue weighted by atomic mass is 9.78. The third kappa shape index (κ3) is 8.71. The number of carbonyl (C=O) groups excluding carboxylic acids is 5. The zero-order valence-corrected chi connectivity index (χ0v) is 35.9. The molecule has 1 aromatic carbocycles. The average molecular weight is 852 g/mol. The van der Waals surface area contributed by atoms with E-state index in [9.17, 15) is 39.3 Å². The smallest absolute Gasteiger partial charge is 0.410 e. The number of hydrogen-bond donors (Lipinski definition) is 4. The molecule has 2 amide bonds. The standard InChI is InChI=1S/C44H57N3O14/c1-22-10-9-11-23(2)42(54)45-32-33(46-13-18-57-19-14-46)38(52)29-30(37(32)51)36(50)27(6)40-31(29)41(53)44(7,61-40)59-17-12-28(56-8)24(3)39(26(5)35(49)25(4)34(22)48)60-43(55)47-15-20-58-21-16-47/h9-12,17,22,24-26,28,34-35,39,48-50H,13-16,18-21H2,1-8H3,(H,45,54)/b10-9+,17-12+,23-11-/t22-,24+,25+,26+,28-,34-,35+,39+,44-/m0/s1. The van der Waals surface area contributed by atoms with Crippen molar-refractivity contribution in [3.05, 3.63) is 69.8 Å². The first-order valence-corrected chi connectivity index (χ1v) is 20.7. The van der Waals surface area contributed by atoms with Crippen molar-refractivity contribution in [2.24, 2.45) is 23.7 Å². The zero-order valence-electron chi connectivity index (χ0n) is 35.9. The van der Waals surface area contributed by atoms with Gasteiger partial charge in [0.2, 0.25) is 11.6 Å². The summed E-state index contributed by atoms with van der Waals surface area (Å²) < 4.78 is 35.0. The number of benzene rings is 1. The molecule has 2 saturated heterocycles. The molecular formula is C44H57N3O14. The van der Waals surface area contributed by atoms with Crippen molar-refractivity contribution in [1.29, 1.82) is 0 Å². The molecule has 7 rings (SSSR count). The molecular weight excluding hydrogens is 794 g/mol. The SMILES string of the molecule is CO[C@H]1/C=C/O[C@@]2(C)Oc3c(C)c(O)c4c(c3C2=O)C(=O)C(N2CCOCC2)=C(NC(=O)/C(C)=C\C=C\[C@H](C)[C@H](O)[C@@H](C)[C@@H](O)[C@@H](C)[C@H](OC(=O)N2CCOCC2)[C@@H]1C)C4=O. The summed E-state index contributed by atoms with van der Waals surface area (Å²) in [6, 6.07) is 0. The molecule has 0 spiro atoms. The van der Waals surface area contributed by atoms with Crippen LogP contribution in [0.25, 0.3) is 0 Å². The van der Waals surface area contributed by atoms with Gasteiger partial charge in [0.25, 0.3) is 11.7 Å². The van der Waals surface area contributed by atoms with Crippen LogP contribution in [0.2, 0.25) is 0 Å². The van der Waals surface area contributed by atoms with Gasteiger partial charge in [0, 0.05) is 75.0 Å². The summed E-state index contributed by atoms with van der Waals surface area (Å²) >= 11 is 0. The Morgan fingerprint density at radius 3 is 2.13 bits per heavy atom. The molecule has 5 aliphatic heterocycles. The average Bonchev–Trinajstić information content (AvgIpc) is 3.52. The fourth-order valence-corrected chi connectivity index (χ4v) is 8.51. The Morgan fingerprint density at radius 2 is 1.49 bits per heavy atom. The Hall–Kier alpha value is -5.07. The van der Waals surface area contributed by atoms with Gasteiger partial charge in [0.15, 0.2) is 0 Å². The van der Waals surface area contributed by atoms with Crippen molar-refractivity contribution in [3.8, 4) is 11.5 Å². The van der Waals surface area contributed by atoms with Crippen LogP contribution in [0.15, 0.2) is 47.5 Å². The molecule has 61 heavy (non-hydrogen) atoms. The zero-order chi connectivity index (χ0) is 44.5. The first kappa shape index (κ1) is 45.5. The van der Waals surface area contributed by atoms with Crippen LogP contribution in [-0.4, -0.2) is 144 Å². The summed E-state index contributed by atoms with van der Waals surface area (Å²) in [6.07, 6.45) is 2.70. The van der Waals surface area contributed by atoms with Crippen LogP contribution < -0.4 is 10.1 Å². The Morgan fingerprint density at radius 1 is 0.852 bits per heavy atom. The number of phenols is 1. The summed E-state index contributed by atoms with van der Waals surface area (Å²) in [4.78, 5) is 74.1. The number of ether oxygens (including phenoxy) is 6. The van der Waals surface area contributed by atoms with E-state index in [0.29, 0.717) is 26.3 Å². The number of methoxy groups -OCH3 is 1. The molecule has 17 nitrogen and oxygen atoms in total. The second-order valence-corrected chi connectivity index (χ2v) is 16.5. The van der Waals surface area contributed by atoms with Gasteiger partial charge >= 0.3 is 11.9 Å². The number of hydrogen-bond acceptors (Lipinski definition) is 15. The number of aliphatic hydroxyl groups excluding tert-OH is 2. The van der Waals surface area contributed by atoms with Crippen molar-refractivity contribution >= 4 is 29.4 Å². The highest BCUT2D eigenvalue weighted by molar-refractivity contribution is 6.32. The van der Waals surface area contributed by atoms with Crippen molar-refractivity contribution in [2.45, 2.75) is 78.7 Å². The molecule has 5 heterocycles. The van der Waals surface area contributed by atoms with Gasteiger partial charge in [-0.15, -0.1) is 0 Å². The van der Waals surface area contributed by atoms with Crippen LogP contribution >= 0.6 is 0 Å². The largest absolute Gasteiger partial charge is 0.507 e. The number of rotatable bonds is 3. The molecule has 0 unspecified atom stereocenters. The third-order valence-electron chi connectivity index (χ3n) is 12.5. The Kier molecular flexibility index (Phi) is 13.8. The van der Waals surface area contributed by atoms with E-state index < -0.39 is 94.5 Å². The van der Waals surface area contributed by atoms with Gasteiger partial charge in [-0.2, -0.15) is 0 Å². The first-order valence-electron chi connectivity index (χ1n) is 20.7. The van der Waals surface area contributed by atoms with Gasteiger partial charge in [0.05, 0.1) is 67.7 Å². The number of Topliss-reactive ketones (excluding diaryl/α,β-unsaturated/α-hetero) is 3. The van der Waals surface area contributed by atoms with Gasteiger partial charge in [-0.05, 0) is 19.9 Å². The lowest BCUT2D eigenvalue weighted by Gasteiger charge is -2.39. The van der Waals surface area contributed by atoms with Crippen LogP contribution in [-0.2, 0) is 28.5 Å². The molecule has 9 atom stereocenters. The number of phenolic OH excluding ortho intramolecular Hbond substituents is 1. The molecule has 1 aromatic rings. The van der Waals surface area contributed by atoms with E-state index in [-0.39, 0.29) is 65.7 Å². The maximum atomic E-state index is 14.7. The summed E-state index contributed by atoms with van der Waals surface area (Å²) in [5.74, 6) is -8.69. The maximum absolute atomic E-state index is 14.7. The van der Waals surface area contributed by atoms with Crippen LogP contribution in [0.4, 0.5) is 4.79 Å². The fourth-order valence-electron chi connectivity index (χ4n) is 8.51. The van der Waals surface area contributed by atoms with Crippen molar-refractivity contribution in [3.63, 3.8) is 0 Å². The minimum Gasteiger partial charge on any atom is -0.507 e. The molecule has 2 fully saturated rings. The fraction of sp³-hybridized carbons (Fsp3) is 0.568. The van der Waals surface area contributed by atoms with Crippen LogP contribution in [0.1, 0.15) is 78.2 Å². The lowest BCUT2D eigenvalue weighted by Crippen LogP contribution is -2.49. The summed E-state index contributed by atoms with van der Waals surface area (Å²) in [5, 5.41) is 37.4. The van der Waals surface area contributed by atoms with E-state index in [1.54, 1.807) is 44.7 Å². The molecule has 0 radical (unpaired) electrons. The van der Waals surface area contributed by atoms with Gasteiger partial charge in [-0.1, -0.05) is 45.9 Å². The number of nitrogens with zero attached hydrogens (tertiary/aromatic N) is 2. The van der Waals surface area contributed by atoms with E-state index in [1.807, 2.05) is 0 Å². The van der Waals surface area contributed by atoms with Crippen molar-refractivity contribution in [2.75, 3.05) is 59.7 Å². The minimum absolute atomic E-state index is 0.00168. The summed E-state index contributed by atoms with van der Waals surface area (Å²) in [7, 11) is 1.44.